The van der Waals surface area contributed by atoms with Crippen LogP contribution in [0.15, 0.2) is 72.8 Å². The van der Waals surface area contributed by atoms with Crippen LogP contribution >= 0.6 is 46.4 Å². The molecule has 0 saturated carbocycles. The number of benzene rings is 4. The van der Waals surface area contributed by atoms with Gasteiger partial charge in [-0.25, -0.2) is 0 Å². The predicted octanol–water partition coefficient (Wildman–Crippen LogP) is 8.47. The second-order valence-electron chi connectivity index (χ2n) is 10.7. The third-order valence-corrected chi connectivity index (χ3v) is 7.87. The second kappa shape index (κ2) is 22.5. The Bertz CT molecular complexity index is 1800. The molecule has 0 fully saturated rings. The van der Waals surface area contributed by atoms with Gasteiger partial charge in [-0.15, -0.1) is 0 Å². The van der Waals surface area contributed by atoms with Crippen LogP contribution in [0.3, 0.4) is 0 Å². The first-order chi connectivity index (χ1) is 25.8. The number of nitro benzene ring substituents is 2. The number of nitrogens with two attached hydrogens (primary N) is 1. The van der Waals surface area contributed by atoms with E-state index >= 15 is 0 Å². The second-order valence-corrected chi connectivity index (χ2v) is 12.4. The highest BCUT2D eigenvalue weighted by Gasteiger charge is 2.18. The zero-order valence-corrected chi connectivity index (χ0v) is 31.7. The Labute approximate surface area is 329 Å². The fourth-order valence-electron chi connectivity index (χ4n) is 4.28. The van der Waals surface area contributed by atoms with Crippen molar-refractivity contribution < 1.29 is 38.4 Å². The summed E-state index contributed by atoms with van der Waals surface area (Å²) in [6.07, 6.45) is 0.907. The summed E-state index contributed by atoms with van der Waals surface area (Å²) in [5.74, 6) is -0.370. The Morgan fingerprint density at radius 3 is 1.43 bits per heavy atom. The van der Waals surface area contributed by atoms with Gasteiger partial charge in [-0.3, -0.25) is 29.8 Å². The molecule has 0 atom stereocenters. The van der Waals surface area contributed by atoms with E-state index in [0.29, 0.717) is 54.5 Å². The Morgan fingerprint density at radius 2 is 1.06 bits per heavy atom. The largest absolute Gasteiger partial charge is 0.490 e. The van der Waals surface area contributed by atoms with Crippen LogP contribution in [0.4, 0.5) is 22.7 Å². The highest BCUT2D eigenvalue weighted by atomic mass is 35.5. The van der Waals surface area contributed by atoms with E-state index in [9.17, 15) is 29.8 Å². The number of anilines is 2. The number of nitrogens with zero attached hydrogens (tertiary/aromatic N) is 2. The highest BCUT2D eigenvalue weighted by molar-refractivity contribution is 6.35. The van der Waals surface area contributed by atoms with Crippen LogP contribution in [0.5, 0.6) is 11.5 Å². The van der Waals surface area contributed by atoms with Crippen molar-refractivity contribution in [1.29, 1.82) is 0 Å². The minimum absolute atomic E-state index is 0.0391. The van der Waals surface area contributed by atoms with Gasteiger partial charge in [-0.05, 0) is 55.0 Å². The summed E-state index contributed by atoms with van der Waals surface area (Å²) in [6, 6.07) is 16.8. The third-order valence-electron chi connectivity index (χ3n) is 6.78. The lowest BCUT2D eigenvalue weighted by Crippen LogP contribution is -2.16. The summed E-state index contributed by atoms with van der Waals surface area (Å²) >= 11 is 24.0. The van der Waals surface area contributed by atoms with Crippen LogP contribution in [-0.4, -0.2) is 67.8 Å². The molecule has 0 unspecified atom stereocenters. The van der Waals surface area contributed by atoms with Crippen molar-refractivity contribution in [3.05, 3.63) is 124 Å². The molecular formula is C35H35Cl4N5O10. The van der Waals surface area contributed by atoms with Crippen LogP contribution in [0.2, 0.25) is 20.1 Å². The number of carbonyl (C=O) groups excluding carboxylic acids is 2. The molecule has 0 bridgehead atoms. The van der Waals surface area contributed by atoms with E-state index in [1.807, 2.05) is 6.92 Å². The molecule has 0 aliphatic heterocycles. The van der Waals surface area contributed by atoms with Gasteiger partial charge in [-0.1, -0.05) is 53.3 Å². The lowest BCUT2D eigenvalue weighted by atomic mass is 10.1. The molecule has 0 aromatic heterocycles. The first kappa shape index (κ1) is 43.7. The van der Waals surface area contributed by atoms with Crippen molar-refractivity contribution in [2.24, 2.45) is 5.73 Å². The van der Waals surface area contributed by atoms with Gasteiger partial charge in [0.1, 0.15) is 24.7 Å². The first-order valence-corrected chi connectivity index (χ1v) is 17.6. The van der Waals surface area contributed by atoms with Crippen molar-refractivity contribution in [2.45, 2.75) is 13.3 Å². The number of amides is 2. The normalized spacial score (nSPS) is 10.5. The predicted molar refractivity (Wildman–Crippen MR) is 207 cm³/mol. The van der Waals surface area contributed by atoms with Gasteiger partial charge >= 0.3 is 0 Å². The average Bonchev–Trinajstić information content (AvgIpc) is 3.14. The molecule has 19 heteroatoms. The molecule has 0 saturated heterocycles. The summed E-state index contributed by atoms with van der Waals surface area (Å²) in [6.45, 7) is 4.67. The first-order valence-electron chi connectivity index (χ1n) is 16.0. The van der Waals surface area contributed by atoms with Gasteiger partial charge in [0.15, 0.2) is 0 Å². The fourth-order valence-corrected chi connectivity index (χ4v) is 5.07. The molecule has 15 nitrogen and oxygen atoms in total. The molecule has 4 N–H and O–H groups in total. The summed E-state index contributed by atoms with van der Waals surface area (Å²) in [7, 11) is 0. The maximum absolute atomic E-state index is 12.6. The summed E-state index contributed by atoms with van der Waals surface area (Å²) in [5, 5.41) is 27.5. The van der Waals surface area contributed by atoms with Gasteiger partial charge in [0.25, 0.3) is 23.2 Å². The zero-order valence-electron chi connectivity index (χ0n) is 28.7. The Kier molecular flexibility index (Phi) is 18.2. The van der Waals surface area contributed by atoms with Crippen LogP contribution < -0.4 is 25.8 Å². The van der Waals surface area contributed by atoms with E-state index in [4.69, 9.17) is 71.1 Å². The van der Waals surface area contributed by atoms with Crippen molar-refractivity contribution in [3.63, 3.8) is 0 Å². The molecule has 0 aliphatic rings. The quantitative estimate of drug-likeness (QED) is 0.0492. The van der Waals surface area contributed by atoms with E-state index in [1.165, 1.54) is 36.4 Å². The number of rotatable bonds is 18. The molecule has 54 heavy (non-hydrogen) atoms. The maximum Gasteiger partial charge on any atom is 0.271 e. The SMILES string of the molecule is CCCOCCOc1ccc(Cl)cc1C(=O)Nc1ccc([N+](=O)[O-])cc1Cl.NCCOCCOc1ccc(Cl)cc1C(=O)Nc1ccc([N+](=O)[O-])cc1Cl. The van der Waals surface area contributed by atoms with E-state index in [1.54, 1.807) is 24.3 Å². The van der Waals surface area contributed by atoms with E-state index < -0.39 is 21.7 Å². The summed E-state index contributed by atoms with van der Waals surface area (Å²) < 4.78 is 21.8. The molecule has 0 radical (unpaired) electrons. The number of hydrogen-bond donors (Lipinski definition) is 3. The van der Waals surface area contributed by atoms with E-state index in [2.05, 4.69) is 10.6 Å². The molecule has 4 aromatic rings. The third kappa shape index (κ3) is 13.9. The smallest absolute Gasteiger partial charge is 0.271 e. The maximum atomic E-state index is 12.6. The van der Waals surface area contributed by atoms with Crippen LogP contribution in [-0.2, 0) is 9.47 Å². The minimum atomic E-state index is -0.576. The van der Waals surface area contributed by atoms with Gasteiger partial charge in [0.05, 0.1) is 62.2 Å². The highest BCUT2D eigenvalue weighted by Crippen LogP contribution is 2.31. The molecule has 0 aliphatic carbocycles. The lowest BCUT2D eigenvalue weighted by molar-refractivity contribution is -0.385. The Hall–Kier alpha value is -4.74. The number of carbonyl (C=O) groups is 2. The van der Waals surface area contributed by atoms with Crippen LogP contribution in [0.1, 0.15) is 34.1 Å². The molecule has 4 rings (SSSR count). The number of non-ortho nitro benzene ring substituents is 2. The van der Waals surface area contributed by atoms with Crippen molar-refractivity contribution >= 4 is 81.0 Å². The van der Waals surface area contributed by atoms with E-state index in [0.717, 1.165) is 18.6 Å². The molecule has 4 aromatic carbocycles. The van der Waals surface area contributed by atoms with Crippen molar-refractivity contribution in [2.75, 3.05) is 56.8 Å². The average molecular weight is 828 g/mol. The van der Waals surface area contributed by atoms with Crippen molar-refractivity contribution in [1.82, 2.24) is 0 Å². The van der Waals surface area contributed by atoms with Crippen molar-refractivity contribution in [3.8, 4) is 11.5 Å². The topological polar surface area (TPSA) is 207 Å². The lowest BCUT2D eigenvalue weighted by Gasteiger charge is -2.13. The van der Waals surface area contributed by atoms with Crippen LogP contribution in [0.25, 0.3) is 0 Å². The molecular weight excluding hydrogens is 792 g/mol. The fraction of sp³-hybridized carbons (Fsp3) is 0.257. The van der Waals surface area contributed by atoms with Gasteiger partial charge in [-0.2, -0.15) is 0 Å². The number of nitrogens with one attached hydrogen (secondary N) is 2. The van der Waals surface area contributed by atoms with Gasteiger partial charge < -0.3 is 35.3 Å². The van der Waals surface area contributed by atoms with Gasteiger partial charge in [0.2, 0.25) is 0 Å². The van der Waals surface area contributed by atoms with Gasteiger partial charge in [0, 0.05) is 47.5 Å². The Morgan fingerprint density at radius 1 is 0.630 bits per heavy atom. The summed E-state index contributed by atoms with van der Waals surface area (Å²) in [5.41, 5.74) is 5.86. The Balaban J connectivity index is 0.000000290. The molecule has 2 amide bonds. The standard InChI is InChI=1S/C18H18Cl2N2O5.C17H17Cl2N3O5/c1-2-7-26-8-9-27-17-6-3-12(19)10-14(17)18(23)21-16-5-4-13(22(24)25)11-15(16)20;18-11-1-4-16(27-8-7-26-6-5-20)13(9-11)17(23)21-15-3-2-12(22(24)25)10-14(15)19/h3-6,10-11H,2,7-9H2,1H3,(H,21,23);1-4,9-10H,5-8,20H2,(H,21,23). The monoisotopic (exact) mass is 825 g/mol. The molecule has 0 spiro atoms. The minimum Gasteiger partial charge on any atom is -0.490 e. The number of ether oxygens (including phenoxy) is 4. The molecule has 0 heterocycles. The number of nitro groups is 2. The zero-order chi connectivity index (χ0) is 39.6. The van der Waals surface area contributed by atoms with Crippen LogP contribution in [0, 0.1) is 20.2 Å². The number of halogens is 4. The molecule has 288 valence electrons. The summed E-state index contributed by atoms with van der Waals surface area (Å²) in [4.78, 5) is 45.6. The number of hydrogen-bond acceptors (Lipinski definition) is 11. The van der Waals surface area contributed by atoms with E-state index in [-0.39, 0.29) is 57.1 Å².